The zero-order valence-corrected chi connectivity index (χ0v) is 67.4. The molecule has 10 N–H and O–H groups in total. The number of carbonyl (C=O) groups excluding carboxylic acids is 17. The fourth-order valence-electron chi connectivity index (χ4n) is 10.9. The number of aromatic nitrogens is 9. The summed E-state index contributed by atoms with van der Waals surface area (Å²) in [5.74, 6) is -6.09. The van der Waals surface area contributed by atoms with Gasteiger partial charge in [-0.3, -0.25) is 113 Å². The molecule has 1 aromatic carbocycles. The van der Waals surface area contributed by atoms with Crippen LogP contribution in [-0.4, -0.2) is 175 Å². The van der Waals surface area contributed by atoms with Crippen molar-refractivity contribution in [3.05, 3.63) is 175 Å². The number of imide groups is 4. The van der Waals surface area contributed by atoms with E-state index in [2.05, 4.69) is 105 Å². The second-order valence-electron chi connectivity index (χ2n) is 23.6. The second kappa shape index (κ2) is 55.3. The Morgan fingerprint density at radius 3 is 1.22 bits per heavy atom. The van der Waals surface area contributed by atoms with Crippen LogP contribution in [0.2, 0.25) is 0 Å². The molecule has 7 aliphatic rings. The number of allylic oxidation sites excluding steroid dienone is 1. The van der Waals surface area contributed by atoms with E-state index in [4.69, 9.17) is 0 Å². The molecule has 14 amide bonds. The molecule has 6 aromatic rings. The molecule has 5 aromatic heterocycles. The number of Topliss-reactive ketones (excluding diaryl/α,β-unsaturated/α-hetero) is 3. The summed E-state index contributed by atoms with van der Waals surface area (Å²) in [6, 6.07) is 15.5. The van der Waals surface area contributed by atoms with E-state index in [1.165, 1.54) is 62.0 Å². The summed E-state index contributed by atoms with van der Waals surface area (Å²) in [7, 11) is 0. The highest BCUT2D eigenvalue weighted by Crippen LogP contribution is 2.35. The molecule has 5 aliphatic heterocycles. The maximum Gasteiger partial charge on any atom is 0.289 e. The normalized spacial score (nSPS) is 19.2. The highest BCUT2D eigenvalue weighted by Gasteiger charge is 2.40. The average Bonchev–Trinajstić information content (AvgIpc) is 0.787. The maximum atomic E-state index is 12.5. The monoisotopic (exact) mass is 1600 g/mol. The predicted molar refractivity (Wildman–Crippen MR) is 423 cm³/mol. The van der Waals surface area contributed by atoms with Gasteiger partial charge in [-0.05, 0) is 99.7 Å². The number of hydrogen-bond donors (Lipinski definition) is 10. The van der Waals surface area contributed by atoms with Gasteiger partial charge in [0.2, 0.25) is 59.0 Å². The van der Waals surface area contributed by atoms with Crippen LogP contribution in [0.25, 0.3) is 0 Å². The Morgan fingerprint density at radius 1 is 0.362 bits per heavy atom. The number of ketones is 3. The highest BCUT2D eigenvalue weighted by atomic mass is 16.2. The third kappa shape index (κ3) is 33.6. The first-order valence-corrected chi connectivity index (χ1v) is 38.5. The smallest absolute Gasteiger partial charge is 0.289 e. The molecule has 36 nitrogen and oxygen atoms in total. The van der Waals surface area contributed by atoms with Crippen LogP contribution in [0.4, 0.5) is 0 Å². The highest BCUT2D eigenvalue weighted by molar-refractivity contribution is 6.09. The minimum atomic E-state index is -0.705. The van der Waals surface area contributed by atoms with Crippen molar-refractivity contribution >= 4 is 100 Å². The SMILES string of the molecule is C=C1CCC(NC(=O)c2cccnn2)C(=O)N1.CC.CC.CC.CC.CC.CC.O=C1CCC(C2CCc3ccccc3C2=O)C(=O)C1.O=C1CCC(NC(=O)c2ccccn2)C(=O)N1.O=C1CCC(NC(=O)c2ccncn2)C(=O)N1.O=C1CCC(NC(=O)c2cnccn2)C(=O)N1.O=C1CCC(NC(=O)c2ncccn2)C(=O)N1. The molecule has 13 rings (SSSR count). The first-order valence-electron chi connectivity index (χ1n) is 38.5. The number of piperidine rings is 5. The van der Waals surface area contributed by atoms with Gasteiger partial charge in [-0.25, -0.2) is 24.9 Å². The number of amides is 14. The number of benzene rings is 1. The maximum absolute atomic E-state index is 12.5. The van der Waals surface area contributed by atoms with Crippen LogP contribution in [-0.2, 0) is 59.2 Å². The number of pyridine rings is 1. The first-order chi connectivity index (χ1) is 56.0. The van der Waals surface area contributed by atoms with Crippen molar-refractivity contribution in [3.63, 3.8) is 0 Å². The first kappa shape index (κ1) is 98.9. The second-order valence-corrected chi connectivity index (χ2v) is 23.6. The number of hydrogen-bond acceptors (Lipinski definition) is 26. The summed E-state index contributed by atoms with van der Waals surface area (Å²) in [5, 5.41) is 31.2. The van der Waals surface area contributed by atoms with Crippen molar-refractivity contribution in [2.45, 2.75) is 210 Å². The van der Waals surface area contributed by atoms with Crippen LogP contribution >= 0.6 is 0 Å². The number of carbonyl (C=O) groups is 17. The standard InChI is InChI=1S/C16H16O3.C11H12N4O2.C11H11N3O3.3C10H10N4O3.6C2H6/c17-11-6-8-13(15(18)9-11)14-7-5-10-3-1-2-4-12(10)16(14)19;1-7-4-5-8(10(16)13-7)14-11(17)9-3-2-6-12-15-9;15-9-5-4-8(11(17)14-9)13-10(16)7-3-1-2-6-12-7;15-7-3-2-6(9(16)14-7)13-10(17)8-11-4-1-5-12-8;15-8-2-1-7(10(17)14-8)13-9(16)6-3-4-11-5-12-6;15-8-2-1-6(9(16)14-8)13-10(17)7-5-11-3-4-12-7;6*1-2/h1-4,13-14H,5-9H2;2-3,6,8H,1,4-5H2,(H,13,16)(H,14,17);1-3,6,8H,4-5H2,(H,13,16)(H,14,15,17);1,4-6H,2-3H2,(H,13,17)(H,14,15,16);3-5,7H,1-2H2,(H,13,16)(H,14,15,17);3-6H,1-2H2,(H,13,17)(H,14,15,16);6*1-2H3. The Morgan fingerprint density at radius 2 is 0.784 bits per heavy atom. The molecule has 0 bridgehead atoms. The number of rotatable bonds is 11. The molecule has 622 valence electrons. The molecule has 116 heavy (non-hydrogen) atoms. The zero-order chi connectivity index (χ0) is 86.7. The van der Waals surface area contributed by atoms with Crippen molar-refractivity contribution in [2.24, 2.45) is 11.8 Å². The molecule has 36 heteroatoms. The fraction of sp³-hybridized carbons (Fsp3) is 0.425. The Kier molecular flexibility index (Phi) is 47.1. The molecule has 1 saturated carbocycles. The van der Waals surface area contributed by atoms with E-state index in [9.17, 15) is 81.5 Å². The molecular weight excluding hydrogens is 1500 g/mol. The van der Waals surface area contributed by atoms with Crippen LogP contribution in [0.15, 0.2) is 135 Å². The van der Waals surface area contributed by atoms with Crippen molar-refractivity contribution < 1.29 is 81.5 Å². The molecule has 6 fully saturated rings. The van der Waals surface area contributed by atoms with Crippen molar-refractivity contribution in [3.8, 4) is 0 Å². The van der Waals surface area contributed by atoms with Gasteiger partial charge in [-0.15, -0.1) is 5.10 Å². The minimum Gasteiger partial charge on any atom is -0.339 e. The van der Waals surface area contributed by atoms with Gasteiger partial charge in [0.15, 0.2) is 11.5 Å². The van der Waals surface area contributed by atoms with Crippen LogP contribution in [0.5, 0.6) is 0 Å². The van der Waals surface area contributed by atoms with Gasteiger partial charge < -0.3 is 31.9 Å². The van der Waals surface area contributed by atoms with Crippen molar-refractivity contribution in [1.82, 2.24) is 98.3 Å². The van der Waals surface area contributed by atoms with Gasteiger partial charge in [-0.1, -0.05) is 120 Å². The summed E-state index contributed by atoms with van der Waals surface area (Å²) in [5.41, 5.74) is 3.30. The molecule has 2 aliphatic carbocycles. The predicted octanol–water partition coefficient (Wildman–Crippen LogP) is 5.18. The summed E-state index contributed by atoms with van der Waals surface area (Å²) >= 11 is 0. The number of nitrogens with one attached hydrogen (secondary N) is 10. The van der Waals surface area contributed by atoms with Crippen LogP contribution < -0.4 is 53.2 Å². The van der Waals surface area contributed by atoms with E-state index >= 15 is 0 Å². The van der Waals surface area contributed by atoms with E-state index in [0.29, 0.717) is 57.1 Å². The summed E-state index contributed by atoms with van der Waals surface area (Å²) in [6.45, 7) is 27.7. The van der Waals surface area contributed by atoms with Crippen LogP contribution in [0.3, 0.4) is 0 Å². The van der Waals surface area contributed by atoms with Gasteiger partial charge in [0.05, 0.1) is 12.6 Å². The van der Waals surface area contributed by atoms with Gasteiger partial charge in [0.1, 0.15) is 65.2 Å². The summed E-state index contributed by atoms with van der Waals surface area (Å²) in [6.07, 6.45) is 18.6. The third-order valence-electron chi connectivity index (χ3n) is 16.3. The van der Waals surface area contributed by atoms with Gasteiger partial charge in [0, 0.05) is 98.6 Å². The number of fused-ring (bicyclic) bond motifs is 1. The van der Waals surface area contributed by atoms with E-state index in [1.54, 1.807) is 36.4 Å². The average molecular weight is 1600 g/mol. The van der Waals surface area contributed by atoms with Gasteiger partial charge in [0.25, 0.3) is 29.5 Å². The Bertz CT molecular complexity index is 3750. The number of nitrogens with zero attached hydrogens (tertiary/aromatic N) is 9. The van der Waals surface area contributed by atoms with Crippen molar-refractivity contribution in [2.75, 3.05) is 0 Å². The van der Waals surface area contributed by atoms with Crippen molar-refractivity contribution in [1.29, 1.82) is 0 Å². The quantitative estimate of drug-likeness (QED) is 0.0590. The number of aryl methyl sites for hydroxylation is 1. The largest absolute Gasteiger partial charge is 0.339 e. The molecule has 5 saturated heterocycles. The lowest BCUT2D eigenvalue weighted by Crippen LogP contribution is -2.52. The Hall–Kier alpha value is -13.2. The Balaban J connectivity index is 0.000000460. The van der Waals surface area contributed by atoms with E-state index in [1.807, 2.05) is 107 Å². The minimum absolute atomic E-state index is 0.00259. The zero-order valence-electron chi connectivity index (χ0n) is 67.4. The lowest BCUT2D eigenvalue weighted by molar-refractivity contribution is -0.136. The lowest BCUT2D eigenvalue weighted by Gasteiger charge is -2.31. The molecule has 10 heterocycles. The molecule has 0 radical (unpaired) electrons. The van der Waals surface area contributed by atoms with Crippen LogP contribution in [0, 0.1) is 11.8 Å². The topological polar surface area (TPSA) is 526 Å². The summed E-state index contributed by atoms with van der Waals surface area (Å²) < 4.78 is 0. The van der Waals surface area contributed by atoms with E-state index < -0.39 is 83.4 Å². The molecular formula is C80H105N19O17. The molecule has 7 unspecified atom stereocenters. The van der Waals surface area contributed by atoms with E-state index in [0.717, 1.165) is 24.0 Å². The molecule has 0 spiro atoms. The fourth-order valence-corrected chi connectivity index (χ4v) is 10.9. The summed E-state index contributed by atoms with van der Waals surface area (Å²) in [4.78, 5) is 221. The third-order valence-corrected chi connectivity index (χ3v) is 16.3. The molecule has 7 atom stereocenters. The van der Waals surface area contributed by atoms with E-state index in [-0.39, 0.29) is 119 Å². The van der Waals surface area contributed by atoms with Crippen LogP contribution in [0.1, 0.15) is 241 Å². The van der Waals surface area contributed by atoms with Gasteiger partial charge >= 0.3 is 0 Å². The Labute approximate surface area is 673 Å². The van der Waals surface area contributed by atoms with Gasteiger partial charge in [-0.2, -0.15) is 5.10 Å². The lowest BCUT2D eigenvalue weighted by atomic mass is 9.70.